The van der Waals surface area contributed by atoms with Crippen molar-refractivity contribution in [2.45, 2.75) is 38.5 Å². The van der Waals surface area contributed by atoms with Gasteiger partial charge in [0.25, 0.3) is 0 Å². The van der Waals surface area contributed by atoms with Gasteiger partial charge >= 0.3 is 0 Å². The Bertz CT molecular complexity index is 639. The van der Waals surface area contributed by atoms with Crippen molar-refractivity contribution in [3.8, 4) is 0 Å². The highest BCUT2D eigenvalue weighted by Crippen LogP contribution is 2.48. The summed E-state index contributed by atoms with van der Waals surface area (Å²) in [5.41, 5.74) is 3.03. The van der Waals surface area contributed by atoms with E-state index < -0.39 is 0 Å². The van der Waals surface area contributed by atoms with Crippen molar-refractivity contribution >= 4 is 23.1 Å². The van der Waals surface area contributed by atoms with Gasteiger partial charge in [0.1, 0.15) is 0 Å². The van der Waals surface area contributed by atoms with E-state index >= 15 is 0 Å². The summed E-state index contributed by atoms with van der Waals surface area (Å²) >= 11 is 2.04. The molecule has 0 N–H and O–H groups in total. The third kappa shape index (κ3) is 3.14. The van der Waals surface area contributed by atoms with Gasteiger partial charge in [0, 0.05) is 22.9 Å². The van der Waals surface area contributed by atoms with E-state index in [1.165, 1.54) is 34.9 Å². The lowest BCUT2D eigenvalue weighted by molar-refractivity contribution is 0.204. The molecule has 2 atom stereocenters. The van der Waals surface area contributed by atoms with E-state index in [2.05, 4.69) is 80.3 Å². The van der Waals surface area contributed by atoms with Crippen LogP contribution in [0.2, 0.25) is 0 Å². The molecule has 0 saturated heterocycles. The molecule has 1 heterocycles. The molecule has 23 heavy (non-hydrogen) atoms. The number of hydrogen-bond acceptors (Lipinski definition) is 2. The summed E-state index contributed by atoms with van der Waals surface area (Å²) in [5, 5.41) is 0. The lowest BCUT2D eigenvalue weighted by Crippen LogP contribution is -2.40. The summed E-state index contributed by atoms with van der Waals surface area (Å²) in [6, 6.07) is 19.8. The number of rotatable bonds is 4. The molecule has 2 heteroatoms. The van der Waals surface area contributed by atoms with Crippen LogP contribution < -0.4 is 4.90 Å². The highest BCUT2D eigenvalue weighted by atomic mass is 32.2. The first-order valence-electron chi connectivity index (χ1n) is 8.74. The van der Waals surface area contributed by atoms with Crippen LogP contribution in [0.4, 0.5) is 11.4 Å². The number of hydrogen-bond donors (Lipinski definition) is 0. The number of para-hydroxylation sites is 2. The van der Waals surface area contributed by atoms with Crippen LogP contribution in [0.1, 0.15) is 33.6 Å². The first-order chi connectivity index (χ1) is 11.2. The van der Waals surface area contributed by atoms with Crippen molar-refractivity contribution in [3.63, 3.8) is 0 Å². The highest BCUT2D eigenvalue weighted by Gasteiger charge is 2.38. The number of nitrogens with zero attached hydrogens (tertiary/aromatic N) is 1. The molecule has 0 bridgehead atoms. The van der Waals surface area contributed by atoms with Crippen molar-refractivity contribution in [2.24, 2.45) is 11.3 Å². The maximum Gasteiger partial charge on any atom is 0.0549 e. The Labute approximate surface area is 145 Å². The van der Waals surface area contributed by atoms with Crippen molar-refractivity contribution in [1.29, 1.82) is 0 Å². The summed E-state index contributed by atoms with van der Waals surface area (Å²) in [5.74, 6) is 1.93. The van der Waals surface area contributed by atoms with E-state index in [1.807, 2.05) is 11.8 Å². The summed E-state index contributed by atoms with van der Waals surface area (Å²) in [4.78, 5) is 3.96. The van der Waals surface area contributed by atoms with E-state index in [0.29, 0.717) is 5.41 Å². The average Bonchev–Trinajstić information content (AvgIpc) is 2.80. The predicted molar refractivity (Wildman–Crippen MR) is 103 cm³/mol. The summed E-state index contributed by atoms with van der Waals surface area (Å²) in [7, 11) is 0. The largest absolute Gasteiger partial charge is 0.340 e. The molecule has 2 aromatic rings. The van der Waals surface area contributed by atoms with Crippen LogP contribution in [0.5, 0.6) is 0 Å². The molecule has 122 valence electrons. The van der Waals surface area contributed by atoms with Crippen molar-refractivity contribution in [2.75, 3.05) is 17.2 Å². The van der Waals surface area contributed by atoms with Crippen LogP contribution in [-0.2, 0) is 0 Å². The zero-order valence-corrected chi connectivity index (χ0v) is 15.3. The summed E-state index contributed by atoms with van der Waals surface area (Å²) in [6.07, 6.45) is 2.47. The fraction of sp³-hybridized carbons (Fsp3) is 0.429. The molecule has 1 nitrogen and oxygen atoms in total. The topological polar surface area (TPSA) is 3.24 Å². The minimum atomic E-state index is 0.355. The molecule has 0 aliphatic carbocycles. The van der Waals surface area contributed by atoms with E-state index in [1.54, 1.807) is 0 Å². The Kier molecular flexibility index (Phi) is 5.01. The Hall–Kier alpha value is -1.41. The molecule has 0 amide bonds. The van der Waals surface area contributed by atoms with Gasteiger partial charge in [0.15, 0.2) is 0 Å². The molecule has 0 radical (unpaired) electrons. The van der Waals surface area contributed by atoms with Gasteiger partial charge in [-0.05, 0) is 42.0 Å². The van der Waals surface area contributed by atoms with Gasteiger partial charge in [-0.1, -0.05) is 57.5 Å². The van der Waals surface area contributed by atoms with E-state index in [4.69, 9.17) is 0 Å². The summed E-state index contributed by atoms with van der Waals surface area (Å²) in [6.45, 7) is 8.24. The quantitative estimate of drug-likeness (QED) is 0.642. The van der Waals surface area contributed by atoms with Gasteiger partial charge in [-0.2, -0.15) is 0 Å². The Balaban J connectivity index is 2.08. The Morgan fingerprint density at radius 1 is 1.04 bits per heavy atom. The Morgan fingerprint density at radius 2 is 1.74 bits per heavy atom. The number of anilines is 2. The smallest absolute Gasteiger partial charge is 0.0549 e. The second-order valence-electron chi connectivity index (χ2n) is 6.70. The summed E-state index contributed by atoms with van der Waals surface area (Å²) < 4.78 is 0. The van der Waals surface area contributed by atoms with Crippen LogP contribution >= 0.6 is 11.8 Å². The SMILES string of the molecule is CCC(C)C1(CC)CSc2ccccc2N(c2ccccc2)C1. The molecular formula is C21H27NS. The first-order valence-corrected chi connectivity index (χ1v) is 9.73. The third-order valence-corrected chi connectivity index (χ3v) is 6.95. The molecule has 2 aromatic carbocycles. The second-order valence-corrected chi connectivity index (χ2v) is 7.72. The van der Waals surface area contributed by atoms with Gasteiger partial charge < -0.3 is 4.90 Å². The Morgan fingerprint density at radius 3 is 2.43 bits per heavy atom. The molecule has 0 fully saturated rings. The average molecular weight is 326 g/mol. The van der Waals surface area contributed by atoms with E-state index in [-0.39, 0.29) is 0 Å². The van der Waals surface area contributed by atoms with Crippen molar-refractivity contribution < 1.29 is 0 Å². The maximum absolute atomic E-state index is 2.55. The highest BCUT2D eigenvalue weighted by molar-refractivity contribution is 7.99. The molecule has 3 rings (SSSR count). The lowest BCUT2D eigenvalue weighted by Gasteiger charge is -2.41. The molecule has 2 unspecified atom stereocenters. The molecule has 0 spiro atoms. The van der Waals surface area contributed by atoms with Crippen molar-refractivity contribution in [3.05, 3.63) is 54.6 Å². The normalized spacial score (nSPS) is 22.3. The second kappa shape index (κ2) is 7.00. The fourth-order valence-electron chi connectivity index (χ4n) is 3.60. The van der Waals surface area contributed by atoms with E-state index in [9.17, 15) is 0 Å². The van der Waals surface area contributed by atoms with E-state index in [0.717, 1.165) is 12.5 Å². The molecule has 0 aromatic heterocycles. The van der Waals surface area contributed by atoms with Crippen LogP contribution in [-0.4, -0.2) is 12.3 Å². The minimum Gasteiger partial charge on any atom is -0.340 e. The molecule has 1 aliphatic rings. The van der Waals surface area contributed by atoms with Gasteiger partial charge in [-0.25, -0.2) is 0 Å². The van der Waals surface area contributed by atoms with Crippen LogP contribution in [0, 0.1) is 11.3 Å². The van der Waals surface area contributed by atoms with Gasteiger partial charge in [0.05, 0.1) is 5.69 Å². The standard InChI is InChI=1S/C21H27NS/c1-4-17(3)21(5-2)15-22(18-11-7-6-8-12-18)19-13-9-10-14-20(19)23-16-21/h6-14,17H,4-5,15-16H2,1-3H3. The maximum atomic E-state index is 2.55. The number of benzene rings is 2. The monoisotopic (exact) mass is 325 g/mol. The lowest BCUT2D eigenvalue weighted by atomic mass is 9.73. The molecule has 0 saturated carbocycles. The number of thioether (sulfide) groups is 1. The molecule has 1 aliphatic heterocycles. The first kappa shape index (κ1) is 16.4. The minimum absolute atomic E-state index is 0.355. The fourth-order valence-corrected chi connectivity index (χ4v) is 5.12. The van der Waals surface area contributed by atoms with Crippen molar-refractivity contribution in [1.82, 2.24) is 0 Å². The van der Waals surface area contributed by atoms with Gasteiger partial charge in [-0.3, -0.25) is 0 Å². The number of fused-ring (bicyclic) bond motifs is 1. The van der Waals surface area contributed by atoms with Crippen LogP contribution in [0.3, 0.4) is 0 Å². The van der Waals surface area contributed by atoms with Crippen LogP contribution in [0.25, 0.3) is 0 Å². The zero-order valence-electron chi connectivity index (χ0n) is 14.5. The predicted octanol–water partition coefficient (Wildman–Crippen LogP) is 6.37. The van der Waals surface area contributed by atoms with Gasteiger partial charge in [0.2, 0.25) is 0 Å². The van der Waals surface area contributed by atoms with Gasteiger partial charge in [-0.15, -0.1) is 11.8 Å². The third-order valence-electron chi connectivity index (χ3n) is 5.57. The zero-order chi connectivity index (χ0) is 16.3. The molecular weight excluding hydrogens is 298 g/mol. The van der Waals surface area contributed by atoms with Crippen LogP contribution in [0.15, 0.2) is 59.5 Å².